The quantitative estimate of drug-likeness (QED) is 0.681. The molecule has 0 heterocycles. The first kappa shape index (κ1) is 13.5. The molecule has 0 spiro atoms. The Morgan fingerprint density at radius 3 is 2.53 bits per heavy atom. The van der Waals surface area contributed by atoms with Crippen molar-refractivity contribution in [2.45, 2.75) is 0 Å². The number of benzene rings is 1. The molecule has 1 N–H and O–H groups in total. The van der Waals surface area contributed by atoms with Gasteiger partial charge in [0, 0.05) is 17.8 Å². The van der Waals surface area contributed by atoms with Crippen LogP contribution < -0.4 is 5.32 Å². The first-order valence-corrected chi connectivity index (χ1v) is 5.30. The molecule has 0 saturated heterocycles. The van der Waals surface area contributed by atoms with E-state index in [-0.39, 0.29) is 0 Å². The molecule has 0 fully saturated rings. The number of hydrogen-bond acceptors (Lipinski definition) is 3. The van der Waals surface area contributed by atoms with Crippen LogP contribution in [0, 0.1) is 0 Å². The van der Waals surface area contributed by atoms with Gasteiger partial charge in [-0.2, -0.15) is 0 Å². The van der Waals surface area contributed by atoms with Gasteiger partial charge in [0.1, 0.15) is 0 Å². The SMILES string of the molecule is COC(=O)/C=C\C(=O)Nc1ccc(Cl)c(Cl)c1. The molecule has 1 aromatic rings. The van der Waals surface area contributed by atoms with Crippen LogP contribution in [0.1, 0.15) is 0 Å². The van der Waals surface area contributed by atoms with Crippen LogP contribution in [-0.4, -0.2) is 19.0 Å². The lowest BCUT2D eigenvalue weighted by Gasteiger charge is -2.03. The number of halogens is 2. The van der Waals surface area contributed by atoms with Crippen molar-refractivity contribution in [1.82, 2.24) is 0 Å². The molecule has 0 aliphatic heterocycles. The molecular weight excluding hydrogens is 265 g/mol. The number of ether oxygens (including phenoxy) is 1. The maximum atomic E-state index is 11.3. The fourth-order valence-corrected chi connectivity index (χ4v) is 1.27. The topological polar surface area (TPSA) is 55.4 Å². The standard InChI is InChI=1S/C11H9Cl2NO3/c1-17-11(16)5-4-10(15)14-7-2-3-8(12)9(13)6-7/h2-6H,1H3,(H,14,15)/b5-4-. The summed E-state index contributed by atoms with van der Waals surface area (Å²) in [6.07, 6.45) is 2.08. The van der Waals surface area contributed by atoms with Crippen LogP contribution in [0.3, 0.4) is 0 Å². The fraction of sp³-hybridized carbons (Fsp3) is 0.0909. The van der Waals surface area contributed by atoms with Crippen LogP contribution in [0.25, 0.3) is 0 Å². The Kier molecular flexibility index (Phi) is 5.00. The highest BCUT2D eigenvalue weighted by atomic mass is 35.5. The molecule has 1 amide bonds. The summed E-state index contributed by atoms with van der Waals surface area (Å²) in [7, 11) is 1.23. The Bertz CT molecular complexity index is 472. The minimum Gasteiger partial charge on any atom is -0.466 e. The second kappa shape index (κ2) is 6.27. The van der Waals surface area contributed by atoms with Gasteiger partial charge in [-0.1, -0.05) is 23.2 Å². The predicted molar refractivity (Wildman–Crippen MR) is 66.2 cm³/mol. The van der Waals surface area contributed by atoms with Gasteiger partial charge in [0.15, 0.2) is 0 Å². The highest BCUT2D eigenvalue weighted by Gasteiger charge is 2.02. The molecule has 0 atom stereocenters. The van der Waals surface area contributed by atoms with E-state index in [1.165, 1.54) is 13.2 Å². The first-order valence-electron chi connectivity index (χ1n) is 4.55. The van der Waals surface area contributed by atoms with E-state index in [9.17, 15) is 9.59 Å². The summed E-state index contributed by atoms with van der Waals surface area (Å²) in [5.41, 5.74) is 0.485. The molecule has 0 aromatic heterocycles. The second-order valence-electron chi connectivity index (χ2n) is 2.97. The van der Waals surface area contributed by atoms with E-state index in [0.29, 0.717) is 15.7 Å². The average Bonchev–Trinajstić information content (AvgIpc) is 2.31. The third kappa shape index (κ3) is 4.46. The van der Waals surface area contributed by atoms with Crippen molar-refractivity contribution in [2.24, 2.45) is 0 Å². The van der Waals surface area contributed by atoms with Crippen molar-refractivity contribution in [2.75, 3.05) is 12.4 Å². The van der Waals surface area contributed by atoms with Crippen molar-refractivity contribution >= 4 is 40.8 Å². The Balaban J connectivity index is 2.65. The number of carbonyl (C=O) groups is 2. The third-order valence-corrected chi connectivity index (χ3v) is 2.50. The lowest BCUT2D eigenvalue weighted by molar-refractivity contribution is -0.135. The van der Waals surface area contributed by atoms with Crippen molar-refractivity contribution in [3.63, 3.8) is 0 Å². The monoisotopic (exact) mass is 273 g/mol. The van der Waals surface area contributed by atoms with Gasteiger partial charge >= 0.3 is 5.97 Å². The number of nitrogens with one attached hydrogen (secondary N) is 1. The normalized spacial score (nSPS) is 10.3. The minimum absolute atomic E-state index is 0.335. The lowest BCUT2D eigenvalue weighted by Crippen LogP contribution is -2.08. The van der Waals surface area contributed by atoms with Crippen molar-refractivity contribution in [3.8, 4) is 0 Å². The maximum absolute atomic E-state index is 11.3. The van der Waals surface area contributed by atoms with Crippen LogP contribution >= 0.6 is 23.2 Å². The number of esters is 1. The highest BCUT2D eigenvalue weighted by Crippen LogP contribution is 2.24. The molecule has 17 heavy (non-hydrogen) atoms. The van der Waals surface area contributed by atoms with Gasteiger partial charge in [-0.3, -0.25) is 4.79 Å². The van der Waals surface area contributed by atoms with Gasteiger partial charge in [0.25, 0.3) is 0 Å². The first-order chi connectivity index (χ1) is 8.02. The average molecular weight is 274 g/mol. The van der Waals surface area contributed by atoms with Crippen LogP contribution in [-0.2, 0) is 14.3 Å². The van der Waals surface area contributed by atoms with Gasteiger partial charge in [0.05, 0.1) is 17.2 Å². The number of carbonyl (C=O) groups excluding carboxylic acids is 2. The number of methoxy groups -OCH3 is 1. The van der Waals surface area contributed by atoms with E-state index >= 15 is 0 Å². The minimum atomic E-state index is -0.603. The van der Waals surface area contributed by atoms with Gasteiger partial charge in [-0.15, -0.1) is 0 Å². The van der Waals surface area contributed by atoms with E-state index in [1.807, 2.05) is 0 Å². The van der Waals surface area contributed by atoms with Crippen LogP contribution in [0.4, 0.5) is 5.69 Å². The summed E-state index contributed by atoms with van der Waals surface area (Å²) in [4.78, 5) is 22.1. The zero-order valence-electron chi connectivity index (χ0n) is 8.87. The summed E-state index contributed by atoms with van der Waals surface area (Å²) in [5, 5.41) is 3.25. The van der Waals surface area contributed by atoms with Crippen LogP contribution in [0.2, 0.25) is 10.0 Å². The Labute approximate surface area is 108 Å². The van der Waals surface area contributed by atoms with E-state index in [4.69, 9.17) is 23.2 Å². The molecule has 0 bridgehead atoms. The summed E-state index contributed by atoms with van der Waals surface area (Å²) in [6.45, 7) is 0. The van der Waals surface area contributed by atoms with E-state index < -0.39 is 11.9 Å². The fourth-order valence-electron chi connectivity index (χ4n) is 0.970. The van der Waals surface area contributed by atoms with E-state index in [0.717, 1.165) is 12.2 Å². The van der Waals surface area contributed by atoms with Gasteiger partial charge in [-0.25, -0.2) is 4.79 Å². The molecule has 0 saturated carbocycles. The molecule has 0 unspecified atom stereocenters. The van der Waals surface area contributed by atoms with Gasteiger partial charge in [0.2, 0.25) is 5.91 Å². The van der Waals surface area contributed by atoms with Crippen molar-refractivity contribution < 1.29 is 14.3 Å². The zero-order valence-corrected chi connectivity index (χ0v) is 10.4. The number of hydrogen-bond donors (Lipinski definition) is 1. The lowest BCUT2D eigenvalue weighted by atomic mass is 10.3. The third-order valence-electron chi connectivity index (χ3n) is 1.76. The number of anilines is 1. The van der Waals surface area contributed by atoms with Crippen LogP contribution in [0.15, 0.2) is 30.4 Å². The summed E-state index contributed by atoms with van der Waals surface area (Å²) < 4.78 is 4.34. The molecule has 6 heteroatoms. The summed E-state index contributed by atoms with van der Waals surface area (Å²) >= 11 is 11.5. The Morgan fingerprint density at radius 1 is 1.24 bits per heavy atom. The molecule has 0 aliphatic rings. The number of rotatable bonds is 3. The zero-order chi connectivity index (χ0) is 12.8. The van der Waals surface area contributed by atoms with Gasteiger partial charge < -0.3 is 10.1 Å². The predicted octanol–water partition coefficient (Wildman–Crippen LogP) is 2.66. The number of amides is 1. The second-order valence-corrected chi connectivity index (χ2v) is 3.79. The van der Waals surface area contributed by atoms with E-state index in [2.05, 4.69) is 10.1 Å². The van der Waals surface area contributed by atoms with Gasteiger partial charge in [-0.05, 0) is 18.2 Å². The molecular formula is C11H9Cl2NO3. The van der Waals surface area contributed by atoms with Crippen LogP contribution in [0.5, 0.6) is 0 Å². The largest absolute Gasteiger partial charge is 0.466 e. The summed E-state index contributed by atoms with van der Waals surface area (Å²) in [6, 6.07) is 4.66. The highest BCUT2D eigenvalue weighted by molar-refractivity contribution is 6.42. The van der Waals surface area contributed by atoms with Crippen molar-refractivity contribution in [3.05, 3.63) is 40.4 Å². The maximum Gasteiger partial charge on any atom is 0.330 e. The molecule has 4 nitrogen and oxygen atoms in total. The molecule has 90 valence electrons. The molecule has 0 radical (unpaired) electrons. The Hall–Kier alpha value is -1.52. The summed E-state index contributed by atoms with van der Waals surface area (Å²) in [5.74, 6) is -1.07. The molecule has 0 aliphatic carbocycles. The van der Waals surface area contributed by atoms with E-state index in [1.54, 1.807) is 12.1 Å². The van der Waals surface area contributed by atoms with Crippen molar-refractivity contribution in [1.29, 1.82) is 0 Å². The molecule has 1 rings (SSSR count). The Morgan fingerprint density at radius 2 is 1.94 bits per heavy atom. The molecule has 1 aromatic carbocycles. The smallest absolute Gasteiger partial charge is 0.330 e.